The Morgan fingerprint density at radius 2 is 1.85 bits per heavy atom. The molecular formula is C22H19N2NaO7S. The summed E-state index contributed by atoms with van der Waals surface area (Å²) in [6, 6.07) is 11.8. The number of fused-ring (bicyclic) bond motifs is 1. The molecular weight excluding hydrogens is 459 g/mol. The molecule has 2 saturated heterocycles. The first kappa shape index (κ1) is 25.1. The van der Waals surface area contributed by atoms with Crippen molar-refractivity contribution in [2.75, 3.05) is 6.61 Å². The number of carboxylic acids is 1. The Morgan fingerprint density at radius 1 is 1.18 bits per heavy atom. The van der Waals surface area contributed by atoms with E-state index in [0.29, 0.717) is 11.3 Å². The second-order valence-electron chi connectivity index (χ2n) is 7.82. The fourth-order valence-electron chi connectivity index (χ4n) is 4.03. The Balaban J connectivity index is 0.00000306. The molecule has 9 nitrogen and oxygen atoms in total. The number of benzene rings is 1. The van der Waals surface area contributed by atoms with Crippen LogP contribution in [0.25, 0.3) is 6.08 Å². The van der Waals surface area contributed by atoms with E-state index < -0.39 is 50.5 Å². The molecule has 1 aromatic carbocycles. The van der Waals surface area contributed by atoms with Gasteiger partial charge in [-0.1, -0.05) is 36.4 Å². The first-order valence-electron chi connectivity index (χ1n) is 9.76. The van der Waals surface area contributed by atoms with Crippen LogP contribution in [0.2, 0.25) is 0 Å². The number of aromatic nitrogens is 1. The third-order valence-electron chi connectivity index (χ3n) is 5.73. The van der Waals surface area contributed by atoms with Gasteiger partial charge in [0.1, 0.15) is 11.4 Å². The molecule has 0 saturated carbocycles. The molecule has 0 bridgehead atoms. The number of nitrogens with zero attached hydrogens (tertiary/aromatic N) is 2. The fraction of sp³-hybridized carbons (Fsp3) is 0.273. The topological polar surface area (TPSA) is 134 Å². The Bertz CT molecular complexity index is 1220. The van der Waals surface area contributed by atoms with E-state index in [2.05, 4.69) is 4.98 Å². The van der Waals surface area contributed by atoms with Crippen molar-refractivity contribution in [3.63, 3.8) is 0 Å². The number of carbonyl (C=O) groups excluding carboxylic acids is 3. The molecule has 1 amide bonds. The van der Waals surface area contributed by atoms with Gasteiger partial charge in [0.15, 0.2) is 15.2 Å². The summed E-state index contributed by atoms with van der Waals surface area (Å²) in [4.78, 5) is 41.7. The summed E-state index contributed by atoms with van der Waals surface area (Å²) in [6.45, 7) is 0.430. The van der Waals surface area contributed by atoms with Gasteiger partial charge in [-0.05, 0) is 30.7 Å². The number of esters is 1. The quantitative estimate of drug-likeness (QED) is 0.183. The maximum atomic E-state index is 13.4. The molecule has 0 aliphatic carbocycles. The van der Waals surface area contributed by atoms with Gasteiger partial charge >= 0.3 is 35.5 Å². The summed E-state index contributed by atoms with van der Waals surface area (Å²) in [5, 5.41) is 10.4. The summed E-state index contributed by atoms with van der Waals surface area (Å²) in [5.41, 5.74) is 0.931. The smallest absolute Gasteiger partial charge is 0.548 e. The molecule has 4 rings (SSSR count). The first-order valence-corrected chi connectivity index (χ1v) is 11.3. The number of ether oxygens (including phenoxy) is 1. The number of pyridine rings is 1. The molecule has 2 aliphatic heterocycles. The van der Waals surface area contributed by atoms with Gasteiger partial charge in [-0.15, -0.1) is 0 Å². The zero-order valence-corrected chi connectivity index (χ0v) is 20.8. The number of hydrogen-bond donors (Lipinski definition) is 0. The number of aliphatic carboxylic acids is 1. The minimum absolute atomic E-state index is 0. The number of hydrogen-bond acceptors (Lipinski definition) is 8. The van der Waals surface area contributed by atoms with Crippen molar-refractivity contribution in [3.05, 3.63) is 71.6 Å². The molecule has 0 radical (unpaired) electrons. The molecule has 2 fully saturated rings. The van der Waals surface area contributed by atoms with Gasteiger partial charge in [0.05, 0.1) is 29.7 Å². The van der Waals surface area contributed by atoms with Crippen molar-refractivity contribution < 1.29 is 62.2 Å². The molecule has 3 heterocycles. The van der Waals surface area contributed by atoms with Crippen LogP contribution in [0.4, 0.5) is 0 Å². The molecule has 11 heteroatoms. The van der Waals surface area contributed by atoms with Crippen LogP contribution in [-0.4, -0.2) is 58.9 Å². The minimum Gasteiger partial charge on any atom is -0.548 e. The summed E-state index contributed by atoms with van der Waals surface area (Å²) in [5.74, 6) is -3.18. The van der Waals surface area contributed by atoms with Crippen molar-refractivity contribution in [2.24, 2.45) is 0 Å². The van der Waals surface area contributed by atoms with Crippen molar-refractivity contribution >= 4 is 33.8 Å². The molecule has 0 N–H and O–H groups in total. The van der Waals surface area contributed by atoms with Crippen molar-refractivity contribution in [2.45, 2.75) is 29.5 Å². The molecule has 1 aromatic heterocycles. The number of sulfone groups is 1. The number of carbonyl (C=O) groups is 3. The standard InChI is InChI=1S/C22H20N2O7S.Na/c1-22(13-31-17(25)11-14-7-3-2-4-8-14)18(21(27)28)24-19(26)16(20(24)32(22,29)30)12-15-9-5-6-10-23-15;/h2-10,12,18,20H,11,13H2,1H3,(H,27,28);/q;+1/p-1/b16-12-;/t18-,20?,22-;/m0./s1. The van der Waals surface area contributed by atoms with Crippen LogP contribution in [0.1, 0.15) is 18.2 Å². The number of amides is 1. The van der Waals surface area contributed by atoms with E-state index in [-0.39, 0.29) is 41.6 Å². The van der Waals surface area contributed by atoms with Gasteiger partial charge in [-0.25, -0.2) is 8.42 Å². The van der Waals surface area contributed by atoms with E-state index in [9.17, 15) is 27.9 Å². The van der Waals surface area contributed by atoms with Crippen molar-refractivity contribution in [1.82, 2.24) is 9.88 Å². The number of β-lactam (4-membered cyclic amide) rings is 1. The van der Waals surface area contributed by atoms with E-state index in [0.717, 1.165) is 11.8 Å². The van der Waals surface area contributed by atoms with Crippen molar-refractivity contribution in [3.8, 4) is 0 Å². The molecule has 0 spiro atoms. The molecule has 2 aliphatic rings. The summed E-state index contributed by atoms with van der Waals surface area (Å²) < 4.78 is 29.9. The predicted octanol–water partition coefficient (Wildman–Crippen LogP) is -3.27. The average molecular weight is 478 g/mol. The molecule has 166 valence electrons. The van der Waals surface area contributed by atoms with Crippen molar-refractivity contribution in [1.29, 1.82) is 0 Å². The van der Waals surface area contributed by atoms with Crippen LogP contribution in [0, 0.1) is 0 Å². The SMILES string of the molecule is C[C@]1(COC(=O)Cc2ccccc2)[C@H](C(=O)[O-])N2C(=O)/C(=C/c3ccccn3)C2S1(=O)=O.[Na+]. The Morgan fingerprint density at radius 3 is 2.45 bits per heavy atom. The number of rotatable bonds is 6. The normalized spacial score (nSPS) is 26.2. The molecule has 3 atom stereocenters. The van der Waals surface area contributed by atoms with Gasteiger partial charge in [-0.2, -0.15) is 0 Å². The van der Waals surface area contributed by atoms with Gasteiger partial charge in [0, 0.05) is 6.20 Å². The predicted molar refractivity (Wildman–Crippen MR) is 110 cm³/mol. The summed E-state index contributed by atoms with van der Waals surface area (Å²) in [7, 11) is -4.28. The minimum atomic E-state index is -4.28. The maximum absolute atomic E-state index is 13.4. The second kappa shape index (κ2) is 9.38. The van der Waals surface area contributed by atoms with Gasteiger partial charge in [-0.3, -0.25) is 14.6 Å². The van der Waals surface area contributed by atoms with E-state index in [4.69, 9.17) is 4.74 Å². The van der Waals surface area contributed by atoms with Crippen LogP contribution in [0.5, 0.6) is 0 Å². The third kappa shape index (κ3) is 4.23. The molecule has 1 unspecified atom stereocenters. The first-order chi connectivity index (χ1) is 15.2. The Hall–Kier alpha value is -2.53. The van der Waals surface area contributed by atoms with Gasteiger partial charge in [0.25, 0.3) is 5.91 Å². The zero-order valence-electron chi connectivity index (χ0n) is 18.0. The maximum Gasteiger partial charge on any atom is 1.00 e. The second-order valence-corrected chi connectivity index (χ2v) is 10.3. The van der Waals surface area contributed by atoms with E-state index in [1.54, 1.807) is 48.5 Å². The van der Waals surface area contributed by atoms with Gasteiger partial charge < -0.3 is 19.5 Å². The molecule has 33 heavy (non-hydrogen) atoms. The van der Waals surface area contributed by atoms with E-state index in [1.807, 2.05) is 0 Å². The molecule has 2 aromatic rings. The zero-order chi connectivity index (χ0) is 23.1. The Kier molecular flexibility index (Phi) is 7.13. The third-order valence-corrected chi connectivity index (χ3v) is 8.44. The van der Waals surface area contributed by atoms with Gasteiger partial charge in [0.2, 0.25) is 0 Å². The Labute approximate surface area is 212 Å². The summed E-state index contributed by atoms with van der Waals surface area (Å²) >= 11 is 0. The average Bonchev–Trinajstić information content (AvgIpc) is 2.93. The number of carboxylic acid groups (broad SMARTS) is 1. The van der Waals surface area contributed by atoms with Crippen LogP contribution in [0.3, 0.4) is 0 Å². The van der Waals surface area contributed by atoms with Crippen LogP contribution < -0.4 is 34.7 Å². The fourth-order valence-corrected chi connectivity index (χ4v) is 6.31. The van der Waals surface area contributed by atoms with Crippen LogP contribution in [-0.2, 0) is 35.4 Å². The monoisotopic (exact) mass is 478 g/mol. The summed E-state index contributed by atoms with van der Waals surface area (Å²) in [6.07, 6.45) is 2.70. The van der Waals surface area contributed by atoms with Crippen LogP contribution in [0.15, 0.2) is 60.3 Å². The van der Waals surface area contributed by atoms with E-state index in [1.165, 1.54) is 12.3 Å². The van der Waals surface area contributed by atoms with E-state index >= 15 is 0 Å². The van der Waals surface area contributed by atoms with Crippen LogP contribution >= 0.6 is 0 Å². The largest absolute Gasteiger partial charge is 1.00 e.